The van der Waals surface area contributed by atoms with Crippen molar-refractivity contribution in [2.45, 2.75) is 6.42 Å². The molecule has 0 radical (unpaired) electrons. The second kappa shape index (κ2) is 8.54. The van der Waals surface area contributed by atoms with Gasteiger partial charge < -0.3 is 15.0 Å². The van der Waals surface area contributed by atoms with Gasteiger partial charge in [-0.05, 0) is 56.4 Å². The normalized spacial score (nSPS) is 13.3. The van der Waals surface area contributed by atoms with E-state index in [-0.39, 0.29) is 25.0 Å². The largest absolute Gasteiger partial charge is 0.482 e. The molecule has 7 heteroatoms. The van der Waals surface area contributed by atoms with Crippen LogP contribution in [0.25, 0.3) is 0 Å². The number of hydrogen-bond donors (Lipinski definition) is 1. The second-order valence-corrected chi connectivity index (χ2v) is 7.59. The summed E-state index contributed by atoms with van der Waals surface area (Å²) in [5.41, 5.74) is 2.53. The van der Waals surface area contributed by atoms with Gasteiger partial charge in [-0.2, -0.15) is 0 Å². The first kappa shape index (κ1) is 19.4. The van der Waals surface area contributed by atoms with Gasteiger partial charge in [-0.25, -0.2) is 0 Å². The first-order valence-electron chi connectivity index (χ1n) is 8.68. The van der Waals surface area contributed by atoms with Crippen LogP contribution in [-0.4, -0.2) is 50.5 Å². The molecule has 0 bridgehead atoms. The summed E-state index contributed by atoms with van der Waals surface area (Å²) in [6.45, 7) is 0.844. The van der Waals surface area contributed by atoms with Gasteiger partial charge in [-0.1, -0.05) is 28.1 Å². The molecule has 142 valence electrons. The Morgan fingerprint density at radius 2 is 1.96 bits per heavy atom. The molecule has 0 fully saturated rings. The standard InChI is InChI=1S/C20H22BrN3O3/c1-23(2)10-9-14-3-6-16(7-4-14)22-19(25)12-24-17-8-5-15(21)11-18(17)27-13-20(24)26/h3-8,11H,9-10,12-13H2,1-2H3,(H,22,25). The molecule has 0 spiro atoms. The Kier molecular flexibility index (Phi) is 6.13. The number of carbonyl (C=O) groups excluding carboxylic acids is 2. The van der Waals surface area contributed by atoms with Gasteiger partial charge in [0.1, 0.15) is 12.3 Å². The zero-order valence-electron chi connectivity index (χ0n) is 15.4. The van der Waals surface area contributed by atoms with Crippen molar-refractivity contribution in [3.8, 4) is 5.75 Å². The summed E-state index contributed by atoms with van der Waals surface area (Å²) in [6, 6.07) is 13.2. The van der Waals surface area contributed by atoms with Crippen LogP contribution in [0.4, 0.5) is 11.4 Å². The molecule has 3 rings (SSSR count). The molecule has 1 heterocycles. The van der Waals surface area contributed by atoms with Gasteiger partial charge in [-0.3, -0.25) is 14.5 Å². The number of anilines is 2. The van der Waals surface area contributed by atoms with Crippen LogP contribution in [0.15, 0.2) is 46.9 Å². The Balaban J connectivity index is 1.63. The Hall–Kier alpha value is -2.38. The van der Waals surface area contributed by atoms with Crippen LogP contribution >= 0.6 is 15.9 Å². The molecule has 0 unspecified atom stereocenters. The maximum absolute atomic E-state index is 12.4. The van der Waals surface area contributed by atoms with Crippen molar-refractivity contribution in [3.05, 3.63) is 52.5 Å². The minimum atomic E-state index is -0.250. The first-order chi connectivity index (χ1) is 12.9. The highest BCUT2D eigenvalue weighted by molar-refractivity contribution is 9.10. The first-order valence-corrected chi connectivity index (χ1v) is 9.48. The van der Waals surface area contributed by atoms with Crippen LogP contribution in [0.3, 0.4) is 0 Å². The number of fused-ring (bicyclic) bond motifs is 1. The average Bonchev–Trinajstić information content (AvgIpc) is 2.63. The van der Waals surface area contributed by atoms with Crippen LogP contribution in [0.2, 0.25) is 0 Å². The highest BCUT2D eigenvalue weighted by Crippen LogP contribution is 2.34. The number of carbonyl (C=O) groups is 2. The number of ether oxygens (including phenoxy) is 1. The van der Waals surface area contributed by atoms with Crippen LogP contribution in [-0.2, 0) is 16.0 Å². The highest BCUT2D eigenvalue weighted by atomic mass is 79.9. The number of nitrogens with one attached hydrogen (secondary N) is 1. The molecule has 2 aromatic carbocycles. The fraction of sp³-hybridized carbons (Fsp3) is 0.300. The molecule has 1 aliphatic heterocycles. The summed E-state index contributed by atoms with van der Waals surface area (Å²) < 4.78 is 6.30. The lowest BCUT2D eigenvalue weighted by Gasteiger charge is -2.29. The van der Waals surface area contributed by atoms with Gasteiger partial charge in [0.15, 0.2) is 6.61 Å². The Morgan fingerprint density at radius 3 is 2.67 bits per heavy atom. The van der Waals surface area contributed by atoms with E-state index in [2.05, 4.69) is 26.1 Å². The molecule has 2 amide bonds. The Bertz CT molecular complexity index is 837. The number of benzene rings is 2. The van der Waals surface area contributed by atoms with E-state index in [1.54, 1.807) is 12.1 Å². The predicted molar refractivity (Wildman–Crippen MR) is 109 cm³/mol. The van der Waals surface area contributed by atoms with Gasteiger partial charge >= 0.3 is 0 Å². The maximum atomic E-state index is 12.4. The van der Waals surface area contributed by atoms with Crippen LogP contribution in [0, 0.1) is 0 Å². The minimum Gasteiger partial charge on any atom is -0.482 e. The molecule has 0 saturated carbocycles. The Labute approximate surface area is 167 Å². The van der Waals surface area contributed by atoms with Crippen LogP contribution in [0.5, 0.6) is 5.75 Å². The quantitative estimate of drug-likeness (QED) is 0.763. The predicted octanol–water partition coefficient (Wildman–Crippen LogP) is 2.92. The summed E-state index contributed by atoms with van der Waals surface area (Å²) >= 11 is 3.38. The number of rotatable bonds is 6. The number of likely N-dealkylation sites (N-methyl/N-ethyl adjacent to an activating group) is 1. The SMILES string of the molecule is CN(C)CCc1ccc(NC(=O)CN2C(=O)COc3cc(Br)ccc32)cc1. The minimum absolute atomic E-state index is 0.0563. The summed E-state index contributed by atoms with van der Waals surface area (Å²) in [7, 11) is 4.08. The third kappa shape index (κ3) is 5.08. The summed E-state index contributed by atoms with van der Waals surface area (Å²) in [6.07, 6.45) is 0.954. The van der Waals surface area contributed by atoms with E-state index in [4.69, 9.17) is 4.74 Å². The van der Waals surface area contributed by atoms with E-state index in [9.17, 15) is 9.59 Å². The fourth-order valence-electron chi connectivity index (χ4n) is 2.80. The van der Waals surface area contributed by atoms with Crippen molar-refractivity contribution in [2.24, 2.45) is 0 Å². The number of amides is 2. The molecule has 27 heavy (non-hydrogen) atoms. The third-order valence-electron chi connectivity index (χ3n) is 4.25. The molecule has 1 aliphatic rings. The van der Waals surface area contributed by atoms with E-state index >= 15 is 0 Å². The number of nitrogens with zero attached hydrogens (tertiary/aromatic N) is 2. The van der Waals surface area contributed by atoms with E-state index in [1.807, 2.05) is 44.4 Å². The third-order valence-corrected chi connectivity index (χ3v) is 4.75. The van der Waals surface area contributed by atoms with Gasteiger partial charge in [0.2, 0.25) is 5.91 Å². The molecular weight excluding hydrogens is 410 g/mol. The van der Waals surface area contributed by atoms with Crippen LogP contribution in [0.1, 0.15) is 5.56 Å². The molecule has 0 saturated heterocycles. The van der Waals surface area contributed by atoms with E-state index in [0.29, 0.717) is 17.1 Å². The van der Waals surface area contributed by atoms with Crippen molar-refractivity contribution in [1.82, 2.24) is 4.90 Å². The highest BCUT2D eigenvalue weighted by Gasteiger charge is 2.27. The zero-order chi connectivity index (χ0) is 19.4. The molecule has 0 aliphatic carbocycles. The molecule has 2 aromatic rings. The van der Waals surface area contributed by atoms with Crippen molar-refractivity contribution in [3.63, 3.8) is 0 Å². The van der Waals surface area contributed by atoms with Gasteiger partial charge in [0.25, 0.3) is 5.91 Å². The number of halogens is 1. The van der Waals surface area contributed by atoms with Crippen molar-refractivity contribution in [1.29, 1.82) is 0 Å². The Morgan fingerprint density at radius 1 is 1.22 bits per heavy atom. The summed E-state index contributed by atoms with van der Waals surface area (Å²) in [4.78, 5) is 28.2. The average molecular weight is 432 g/mol. The lowest BCUT2D eigenvalue weighted by atomic mass is 10.1. The molecular formula is C20H22BrN3O3. The van der Waals surface area contributed by atoms with E-state index in [0.717, 1.165) is 17.4 Å². The van der Waals surface area contributed by atoms with Crippen molar-refractivity contribution >= 4 is 39.1 Å². The van der Waals surface area contributed by atoms with Gasteiger partial charge in [0.05, 0.1) is 5.69 Å². The maximum Gasteiger partial charge on any atom is 0.265 e. The monoisotopic (exact) mass is 431 g/mol. The van der Waals surface area contributed by atoms with Gasteiger partial charge in [-0.15, -0.1) is 0 Å². The molecule has 0 aromatic heterocycles. The zero-order valence-corrected chi connectivity index (χ0v) is 17.0. The lowest BCUT2D eigenvalue weighted by molar-refractivity contribution is -0.123. The van der Waals surface area contributed by atoms with E-state index < -0.39 is 0 Å². The molecule has 0 atom stereocenters. The smallest absolute Gasteiger partial charge is 0.265 e. The van der Waals surface area contributed by atoms with Crippen molar-refractivity contribution in [2.75, 3.05) is 44.0 Å². The lowest BCUT2D eigenvalue weighted by Crippen LogP contribution is -2.43. The summed E-state index contributed by atoms with van der Waals surface area (Å²) in [5, 5.41) is 2.85. The molecule has 1 N–H and O–H groups in total. The van der Waals surface area contributed by atoms with Crippen molar-refractivity contribution < 1.29 is 14.3 Å². The molecule has 6 nitrogen and oxygen atoms in total. The van der Waals surface area contributed by atoms with E-state index in [1.165, 1.54) is 10.5 Å². The second-order valence-electron chi connectivity index (χ2n) is 6.68. The number of hydrogen-bond acceptors (Lipinski definition) is 4. The topological polar surface area (TPSA) is 61.9 Å². The summed E-state index contributed by atoms with van der Waals surface area (Å²) in [5.74, 6) is 0.0983. The fourth-order valence-corrected chi connectivity index (χ4v) is 3.14. The van der Waals surface area contributed by atoms with Crippen LogP contribution < -0.4 is 15.0 Å². The van der Waals surface area contributed by atoms with Gasteiger partial charge in [0, 0.05) is 16.7 Å².